The molecule has 1 aromatic heterocycles. The van der Waals surface area contributed by atoms with Crippen molar-refractivity contribution in [3.8, 4) is 11.6 Å². The zero-order valence-electron chi connectivity index (χ0n) is 12.7. The van der Waals surface area contributed by atoms with Crippen LogP contribution < -0.4 is 20.9 Å². The van der Waals surface area contributed by atoms with E-state index in [1.807, 2.05) is 4.90 Å². The van der Waals surface area contributed by atoms with Gasteiger partial charge < -0.3 is 15.4 Å². The first-order valence-corrected chi connectivity index (χ1v) is 7.78. The SMILES string of the molecule is CC1(C)CN(c2cc(Oc3c(Cl)cc(N)cc3Cl)n[nH]c2=O)C1. The molecule has 1 fully saturated rings. The molecule has 8 heteroatoms. The van der Waals surface area contributed by atoms with E-state index >= 15 is 0 Å². The van der Waals surface area contributed by atoms with Crippen LogP contribution in [0.1, 0.15) is 13.8 Å². The van der Waals surface area contributed by atoms with Gasteiger partial charge in [-0.25, -0.2) is 5.10 Å². The highest BCUT2D eigenvalue weighted by Gasteiger charge is 2.35. The number of rotatable bonds is 3. The molecule has 0 saturated carbocycles. The first-order chi connectivity index (χ1) is 10.7. The van der Waals surface area contributed by atoms with Gasteiger partial charge in [0, 0.05) is 24.8 Å². The second-order valence-corrected chi connectivity index (χ2v) is 7.17. The number of nitrogen functional groups attached to an aromatic ring is 1. The molecule has 0 radical (unpaired) electrons. The van der Waals surface area contributed by atoms with Gasteiger partial charge in [-0.05, 0) is 17.5 Å². The largest absolute Gasteiger partial charge is 0.434 e. The van der Waals surface area contributed by atoms with Crippen LogP contribution in [-0.2, 0) is 0 Å². The van der Waals surface area contributed by atoms with Gasteiger partial charge in [0.25, 0.3) is 5.56 Å². The van der Waals surface area contributed by atoms with Crippen molar-refractivity contribution in [2.24, 2.45) is 5.41 Å². The molecular weight excluding hydrogens is 339 g/mol. The zero-order valence-corrected chi connectivity index (χ0v) is 14.2. The van der Waals surface area contributed by atoms with Crippen LogP contribution in [0.5, 0.6) is 11.6 Å². The molecular formula is C15H16Cl2N4O2. The summed E-state index contributed by atoms with van der Waals surface area (Å²) in [6.45, 7) is 5.88. The standard InChI is InChI=1S/C15H16Cl2N4O2/c1-15(2)6-21(7-15)11-5-12(19-20-14(11)22)23-13-9(16)3-8(18)4-10(13)17/h3-5H,6-7,18H2,1-2H3,(H,20,22). The first kappa shape index (κ1) is 16.0. The number of anilines is 2. The highest BCUT2D eigenvalue weighted by atomic mass is 35.5. The molecule has 6 nitrogen and oxygen atoms in total. The second-order valence-electron chi connectivity index (χ2n) is 6.36. The molecule has 0 atom stereocenters. The van der Waals surface area contributed by atoms with Crippen LogP contribution in [0.4, 0.5) is 11.4 Å². The van der Waals surface area contributed by atoms with E-state index in [1.54, 1.807) is 6.07 Å². The van der Waals surface area contributed by atoms with Crippen molar-refractivity contribution in [1.82, 2.24) is 10.2 Å². The number of nitrogens with one attached hydrogen (secondary N) is 1. The molecule has 3 rings (SSSR count). The van der Waals surface area contributed by atoms with E-state index in [9.17, 15) is 4.79 Å². The number of halogens is 2. The normalized spacial score (nSPS) is 16.1. The minimum absolute atomic E-state index is 0.195. The molecule has 1 aliphatic heterocycles. The lowest BCUT2D eigenvalue weighted by Crippen LogP contribution is -2.54. The van der Waals surface area contributed by atoms with Crippen molar-refractivity contribution in [2.75, 3.05) is 23.7 Å². The zero-order chi connectivity index (χ0) is 16.8. The maximum atomic E-state index is 12.0. The molecule has 3 N–H and O–H groups in total. The fourth-order valence-electron chi connectivity index (χ4n) is 2.60. The topological polar surface area (TPSA) is 84.2 Å². The van der Waals surface area contributed by atoms with Gasteiger partial charge in [-0.2, -0.15) is 0 Å². The van der Waals surface area contributed by atoms with E-state index in [0.717, 1.165) is 13.1 Å². The monoisotopic (exact) mass is 354 g/mol. The summed E-state index contributed by atoms with van der Waals surface area (Å²) < 4.78 is 5.63. The quantitative estimate of drug-likeness (QED) is 0.826. The highest BCUT2D eigenvalue weighted by Crippen LogP contribution is 2.38. The third kappa shape index (κ3) is 3.23. The van der Waals surface area contributed by atoms with Gasteiger partial charge in [0.2, 0.25) is 5.88 Å². The fraction of sp³-hybridized carbons (Fsp3) is 0.333. The number of H-pyrrole nitrogens is 1. The number of hydrogen-bond donors (Lipinski definition) is 2. The molecule has 2 aromatic rings. The summed E-state index contributed by atoms with van der Waals surface area (Å²) in [7, 11) is 0. The van der Waals surface area contributed by atoms with Crippen LogP contribution in [0, 0.1) is 5.41 Å². The van der Waals surface area contributed by atoms with Crippen LogP contribution in [-0.4, -0.2) is 23.3 Å². The Morgan fingerprint density at radius 3 is 2.43 bits per heavy atom. The molecule has 122 valence electrons. The van der Waals surface area contributed by atoms with E-state index in [-0.39, 0.29) is 32.6 Å². The van der Waals surface area contributed by atoms with E-state index < -0.39 is 0 Å². The summed E-state index contributed by atoms with van der Waals surface area (Å²) in [4.78, 5) is 13.9. The summed E-state index contributed by atoms with van der Waals surface area (Å²) >= 11 is 12.2. The first-order valence-electron chi connectivity index (χ1n) is 7.02. The van der Waals surface area contributed by atoms with Gasteiger partial charge in [-0.3, -0.25) is 4.79 Å². The van der Waals surface area contributed by atoms with Crippen molar-refractivity contribution >= 4 is 34.6 Å². The Morgan fingerprint density at radius 2 is 1.87 bits per heavy atom. The lowest BCUT2D eigenvalue weighted by Gasteiger charge is -2.46. The summed E-state index contributed by atoms with van der Waals surface area (Å²) in [5.41, 5.74) is 6.54. The molecule has 23 heavy (non-hydrogen) atoms. The Bertz CT molecular complexity index is 788. The molecule has 0 amide bonds. The van der Waals surface area contributed by atoms with Gasteiger partial charge >= 0.3 is 0 Å². The molecule has 1 saturated heterocycles. The van der Waals surface area contributed by atoms with Crippen LogP contribution in [0.25, 0.3) is 0 Å². The van der Waals surface area contributed by atoms with Crippen molar-refractivity contribution in [1.29, 1.82) is 0 Å². The number of aromatic nitrogens is 2. The minimum Gasteiger partial charge on any atom is -0.434 e. The lowest BCUT2D eigenvalue weighted by atomic mass is 9.84. The van der Waals surface area contributed by atoms with Crippen LogP contribution >= 0.6 is 23.2 Å². The van der Waals surface area contributed by atoms with Crippen LogP contribution in [0.3, 0.4) is 0 Å². The van der Waals surface area contributed by atoms with Gasteiger partial charge in [-0.1, -0.05) is 37.0 Å². The highest BCUT2D eigenvalue weighted by molar-refractivity contribution is 6.37. The predicted octanol–water partition coefficient (Wildman–Crippen LogP) is 3.30. The van der Waals surface area contributed by atoms with Crippen molar-refractivity contribution < 1.29 is 4.74 Å². The average Bonchev–Trinajstić information content (AvgIpc) is 2.42. The third-order valence-corrected chi connectivity index (χ3v) is 4.13. The number of hydrogen-bond acceptors (Lipinski definition) is 5. The Hall–Kier alpha value is -1.92. The van der Waals surface area contributed by atoms with E-state index in [4.69, 9.17) is 33.7 Å². The van der Waals surface area contributed by atoms with Gasteiger partial charge in [0.05, 0.1) is 10.0 Å². The van der Waals surface area contributed by atoms with Crippen molar-refractivity contribution in [3.05, 3.63) is 38.6 Å². The summed E-state index contributed by atoms with van der Waals surface area (Å²) in [5, 5.41) is 6.86. The van der Waals surface area contributed by atoms with Gasteiger partial charge in [0.15, 0.2) is 5.75 Å². The molecule has 2 heterocycles. The Labute approximate surface area is 143 Å². The third-order valence-electron chi connectivity index (χ3n) is 3.57. The molecule has 0 spiro atoms. The summed E-state index contributed by atoms with van der Waals surface area (Å²) in [6.07, 6.45) is 0. The van der Waals surface area contributed by atoms with Gasteiger partial charge in [0.1, 0.15) is 5.69 Å². The van der Waals surface area contributed by atoms with Crippen LogP contribution in [0.2, 0.25) is 10.0 Å². The summed E-state index contributed by atoms with van der Waals surface area (Å²) in [5.74, 6) is 0.454. The van der Waals surface area contributed by atoms with E-state index in [0.29, 0.717) is 11.4 Å². The second kappa shape index (κ2) is 5.62. The Morgan fingerprint density at radius 1 is 1.26 bits per heavy atom. The fourth-order valence-corrected chi connectivity index (χ4v) is 3.19. The summed E-state index contributed by atoms with van der Waals surface area (Å²) in [6, 6.07) is 4.65. The van der Waals surface area contributed by atoms with Crippen LogP contribution in [0.15, 0.2) is 23.0 Å². The molecule has 0 unspecified atom stereocenters. The smallest absolute Gasteiger partial charge is 0.287 e. The maximum Gasteiger partial charge on any atom is 0.287 e. The lowest BCUT2D eigenvalue weighted by molar-refractivity contribution is 0.275. The molecule has 0 bridgehead atoms. The van der Waals surface area contributed by atoms with Gasteiger partial charge in [-0.15, -0.1) is 5.10 Å². The van der Waals surface area contributed by atoms with E-state index in [1.165, 1.54) is 12.1 Å². The number of ether oxygens (including phenoxy) is 1. The molecule has 1 aliphatic rings. The average molecular weight is 355 g/mol. The molecule has 1 aromatic carbocycles. The number of nitrogens with two attached hydrogens (primary N) is 1. The van der Waals surface area contributed by atoms with Crippen molar-refractivity contribution in [2.45, 2.75) is 13.8 Å². The predicted molar refractivity (Wildman–Crippen MR) is 91.8 cm³/mol. The Kier molecular flexibility index (Phi) is 3.90. The number of benzene rings is 1. The van der Waals surface area contributed by atoms with E-state index in [2.05, 4.69) is 24.0 Å². The number of nitrogens with zero attached hydrogens (tertiary/aromatic N) is 2. The maximum absolute atomic E-state index is 12.0. The number of aromatic amines is 1. The Balaban J connectivity index is 1.89. The minimum atomic E-state index is -0.262. The van der Waals surface area contributed by atoms with Crippen molar-refractivity contribution in [3.63, 3.8) is 0 Å². The molecule has 0 aliphatic carbocycles.